The molecule has 0 aliphatic carbocycles. The van der Waals surface area contributed by atoms with Crippen LogP contribution in [0, 0.1) is 12.8 Å². The largest absolute Gasteiger partial charge is 0.464 e. The Kier molecular flexibility index (Phi) is 8.12. The van der Waals surface area contributed by atoms with Crippen LogP contribution in [0.2, 0.25) is 0 Å². The van der Waals surface area contributed by atoms with Crippen LogP contribution in [0.4, 0.5) is 0 Å². The van der Waals surface area contributed by atoms with E-state index in [1.807, 2.05) is 63.2 Å². The third kappa shape index (κ3) is 6.71. The van der Waals surface area contributed by atoms with E-state index in [1.54, 1.807) is 16.7 Å². The van der Waals surface area contributed by atoms with Crippen LogP contribution in [-0.2, 0) is 22.7 Å². The summed E-state index contributed by atoms with van der Waals surface area (Å²) in [6, 6.07) is 13.5. The third-order valence-electron chi connectivity index (χ3n) is 4.28. The lowest BCUT2D eigenvalue weighted by Gasteiger charge is -2.29. The fourth-order valence-corrected chi connectivity index (χ4v) is 3.12. The molecule has 0 aliphatic rings. The molecule has 2 amide bonds. The van der Waals surface area contributed by atoms with Crippen LogP contribution in [0.1, 0.15) is 37.9 Å². The molecule has 2 rings (SSSR count). The zero-order valence-electron chi connectivity index (χ0n) is 17.0. The number of furan rings is 1. The second-order valence-corrected chi connectivity index (χ2v) is 8.13. The molecule has 5 nitrogen and oxygen atoms in total. The third-order valence-corrected chi connectivity index (χ3v) is 4.46. The summed E-state index contributed by atoms with van der Waals surface area (Å²) in [4.78, 5) is 28.9. The van der Waals surface area contributed by atoms with Gasteiger partial charge in [0, 0.05) is 13.1 Å². The van der Waals surface area contributed by atoms with Crippen LogP contribution in [-0.4, -0.2) is 40.1 Å². The van der Waals surface area contributed by atoms with E-state index in [1.165, 1.54) is 0 Å². The predicted octanol–water partition coefficient (Wildman–Crippen LogP) is 4.23. The molecular formula is C22H29ClN2O3. The number of alkyl halides is 1. The first-order valence-electron chi connectivity index (χ1n) is 9.56. The lowest BCUT2D eigenvalue weighted by atomic mass is 10.2. The summed E-state index contributed by atoms with van der Waals surface area (Å²) in [6.07, 6.45) is 0. The molecular weight excluding hydrogens is 376 g/mol. The van der Waals surface area contributed by atoms with Crippen LogP contribution < -0.4 is 0 Å². The normalized spacial score (nSPS) is 12.1. The van der Waals surface area contributed by atoms with E-state index >= 15 is 0 Å². The Balaban J connectivity index is 2.19. The molecule has 152 valence electrons. The highest BCUT2D eigenvalue weighted by molar-refractivity contribution is 6.30. The maximum atomic E-state index is 13.1. The van der Waals surface area contributed by atoms with Crippen molar-refractivity contribution in [2.75, 3.05) is 13.1 Å². The van der Waals surface area contributed by atoms with Crippen molar-refractivity contribution in [3.05, 3.63) is 59.5 Å². The topological polar surface area (TPSA) is 53.8 Å². The first-order valence-corrected chi connectivity index (χ1v) is 9.99. The molecule has 2 aromatic rings. The Morgan fingerprint density at radius 2 is 1.68 bits per heavy atom. The van der Waals surface area contributed by atoms with Gasteiger partial charge in [-0.05, 0) is 37.5 Å². The zero-order valence-corrected chi connectivity index (χ0v) is 17.8. The number of carbonyl (C=O) groups is 2. The van der Waals surface area contributed by atoms with Crippen LogP contribution in [0.5, 0.6) is 0 Å². The molecule has 0 radical (unpaired) electrons. The van der Waals surface area contributed by atoms with Crippen LogP contribution >= 0.6 is 11.6 Å². The Morgan fingerprint density at radius 1 is 1.00 bits per heavy atom. The Morgan fingerprint density at radius 3 is 2.21 bits per heavy atom. The molecule has 0 N–H and O–H groups in total. The van der Waals surface area contributed by atoms with Gasteiger partial charge >= 0.3 is 0 Å². The molecule has 1 aromatic carbocycles. The highest BCUT2D eigenvalue weighted by Gasteiger charge is 2.25. The van der Waals surface area contributed by atoms with Crippen molar-refractivity contribution < 1.29 is 14.0 Å². The number of rotatable bonds is 9. The van der Waals surface area contributed by atoms with Crippen molar-refractivity contribution in [1.82, 2.24) is 9.80 Å². The first-order chi connectivity index (χ1) is 13.3. The van der Waals surface area contributed by atoms with Gasteiger partial charge < -0.3 is 14.2 Å². The molecule has 0 spiro atoms. The molecule has 6 heteroatoms. The van der Waals surface area contributed by atoms with Crippen molar-refractivity contribution in [1.29, 1.82) is 0 Å². The average Bonchev–Trinajstić information content (AvgIpc) is 3.05. The smallest absolute Gasteiger partial charge is 0.242 e. The number of benzene rings is 1. The van der Waals surface area contributed by atoms with Gasteiger partial charge in [-0.2, -0.15) is 0 Å². The molecule has 0 aliphatic heterocycles. The number of carbonyl (C=O) groups excluding carboxylic acids is 2. The van der Waals surface area contributed by atoms with Crippen LogP contribution in [0.25, 0.3) is 0 Å². The van der Waals surface area contributed by atoms with E-state index in [0.717, 1.165) is 11.3 Å². The van der Waals surface area contributed by atoms with Gasteiger partial charge in [-0.25, -0.2) is 0 Å². The minimum atomic E-state index is -0.665. The molecule has 0 bridgehead atoms. The standard InChI is InChI=1S/C22H29ClN2O3/c1-16(2)12-25(22(27)18(4)23)15-21(26)24(13-19-8-6-5-7-9-19)14-20-11-10-17(3)28-20/h5-11,16,18H,12-15H2,1-4H3/t18-/m0/s1. The second kappa shape index (κ2) is 10.3. The lowest BCUT2D eigenvalue weighted by molar-refractivity contribution is -0.141. The summed E-state index contributed by atoms with van der Waals surface area (Å²) in [5, 5.41) is -0.665. The van der Waals surface area contributed by atoms with E-state index in [4.69, 9.17) is 16.0 Å². The summed E-state index contributed by atoms with van der Waals surface area (Å²) in [5.74, 6) is 1.40. The van der Waals surface area contributed by atoms with Gasteiger partial charge in [-0.3, -0.25) is 9.59 Å². The Hall–Kier alpha value is -2.27. The maximum absolute atomic E-state index is 13.1. The van der Waals surface area contributed by atoms with Gasteiger partial charge in [0.05, 0.1) is 13.1 Å². The van der Waals surface area contributed by atoms with Gasteiger partial charge in [0.25, 0.3) is 0 Å². The first kappa shape index (κ1) is 22.0. The Bertz CT molecular complexity index is 771. The second-order valence-electron chi connectivity index (χ2n) is 7.48. The SMILES string of the molecule is Cc1ccc(CN(Cc2ccccc2)C(=O)CN(CC(C)C)C(=O)[C@H](C)Cl)o1. The van der Waals surface area contributed by atoms with Crippen LogP contribution in [0.15, 0.2) is 46.9 Å². The molecule has 1 aromatic heterocycles. The monoisotopic (exact) mass is 404 g/mol. The summed E-state index contributed by atoms with van der Waals surface area (Å²) in [6.45, 7) is 8.81. The molecule has 0 saturated heterocycles. The van der Waals surface area contributed by atoms with E-state index in [2.05, 4.69) is 0 Å². The number of hydrogen-bond donors (Lipinski definition) is 0. The number of hydrogen-bond acceptors (Lipinski definition) is 3. The quantitative estimate of drug-likeness (QED) is 0.588. The summed E-state index contributed by atoms with van der Waals surface area (Å²) < 4.78 is 5.66. The fourth-order valence-electron chi connectivity index (χ4n) is 2.98. The number of amides is 2. The summed E-state index contributed by atoms with van der Waals surface area (Å²) >= 11 is 6.00. The van der Waals surface area contributed by atoms with Crippen molar-refractivity contribution in [3.63, 3.8) is 0 Å². The molecule has 28 heavy (non-hydrogen) atoms. The molecule has 1 atom stereocenters. The van der Waals surface area contributed by atoms with Crippen molar-refractivity contribution in [2.24, 2.45) is 5.92 Å². The maximum Gasteiger partial charge on any atom is 0.242 e. The fraction of sp³-hybridized carbons (Fsp3) is 0.455. The zero-order chi connectivity index (χ0) is 20.7. The van der Waals surface area contributed by atoms with Gasteiger partial charge in [0.2, 0.25) is 11.8 Å². The molecule has 0 unspecified atom stereocenters. The van der Waals surface area contributed by atoms with Crippen LogP contribution in [0.3, 0.4) is 0 Å². The number of halogens is 1. The highest BCUT2D eigenvalue weighted by Crippen LogP contribution is 2.15. The molecule has 1 heterocycles. The number of nitrogens with zero attached hydrogens (tertiary/aromatic N) is 2. The average molecular weight is 405 g/mol. The van der Waals surface area contributed by atoms with Gasteiger partial charge in [-0.1, -0.05) is 44.2 Å². The summed E-state index contributed by atoms with van der Waals surface area (Å²) in [7, 11) is 0. The van der Waals surface area contributed by atoms with E-state index < -0.39 is 5.38 Å². The van der Waals surface area contributed by atoms with Crippen molar-refractivity contribution >= 4 is 23.4 Å². The molecule has 0 fully saturated rings. The minimum Gasteiger partial charge on any atom is -0.464 e. The van der Waals surface area contributed by atoms with Crippen molar-refractivity contribution in [3.8, 4) is 0 Å². The van der Waals surface area contributed by atoms with E-state index in [-0.39, 0.29) is 24.3 Å². The number of aryl methyl sites for hydroxylation is 1. The predicted molar refractivity (Wildman–Crippen MR) is 111 cm³/mol. The minimum absolute atomic E-state index is 0.000593. The van der Waals surface area contributed by atoms with Gasteiger partial charge in [0.15, 0.2) is 0 Å². The van der Waals surface area contributed by atoms with Gasteiger partial charge in [0.1, 0.15) is 16.9 Å². The highest BCUT2D eigenvalue weighted by atomic mass is 35.5. The van der Waals surface area contributed by atoms with Gasteiger partial charge in [-0.15, -0.1) is 11.6 Å². The molecule has 0 saturated carbocycles. The Labute approximate surface area is 172 Å². The van der Waals surface area contributed by atoms with E-state index in [9.17, 15) is 9.59 Å². The van der Waals surface area contributed by atoms with Crippen molar-refractivity contribution in [2.45, 2.75) is 46.2 Å². The summed E-state index contributed by atoms with van der Waals surface area (Å²) in [5.41, 5.74) is 1.02. The lowest BCUT2D eigenvalue weighted by Crippen LogP contribution is -2.45. The van der Waals surface area contributed by atoms with E-state index in [0.29, 0.717) is 25.4 Å².